The van der Waals surface area contributed by atoms with Gasteiger partial charge >= 0.3 is 17.9 Å². The highest BCUT2D eigenvalue weighted by atomic mass is 16.7. The van der Waals surface area contributed by atoms with Crippen LogP contribution in [0.4, 0.5) is 0 Å². The van der Waals surface area contributed by atoms with Crippen LogP contribution in [0.2, 0.25) is 0 Å². The van der Waals surface area contributed by atoms with Crippen LogP contribution in [0.15, 0.2) is 54.6 Å². The molecule has 0 bridgehead atoms. The third-order valence-corrected chi connectivity index (χ3v) is 4.23. The fourth-order valence-electron chi connectivity index (χ4n) is 2.76. The van der Waals surface area contributed by atoms with Crippen molar-refractivity contribution in [1.29, 1.82) is 0 Å². The van der Waals surface area contributed by atoms with E-state index in [1.807, 2.05) is 0 Å². The van der Waals surface area contributed by atoms with Gasteiger partial charge in [-0.15, -0.1) is 0 Å². The minimum Gasteiger partial charge on any atom is -0.462 e. The van der Waals surface area contributed by atoms with E-state index in [-0.39, 0.29) is 24.3 Å². The van der Waals surface area contributed by atoms with Crippen molar-refractivity contribution in [2.24, 2.45) is 0 Å². The number of rotatable bonds is 8. The summed E-state index contributed by atoms with van der Waals surface area (Å²) in [6, 6.07) is 15.0. The summed E-state index contributed by atoms with van der Waals surface area (Å²) < 4.78 is 21.0. The summed E-state index contributed by atoms with van der Waals surface area (Å²) in [5, 5.41) is 0. The summed E-state index contributed by atoms with van der Waals surface area (Å²) in [5.41, 5.74) is 0.612. The Morgan fingerprint density at radius 1 is 0.966 bits per heavy atom. The van der Waals surface area contributed by atoms with Gasteiger partial charge in [0.15, 0.2) is 0 Å². The van der Waals surface area contributed by atoms with Gasteiger partial charge in [0.2, 0.25) is 6.29 Å². The lowest BCUT2D eigenvalue weighted by Crippen LogP contribution is -2.18. The van der Waals surface area contributed by atoms with E-state index in [1.54, 1.807) is 42.5 Å². The van der Waals surface area contributed by atoms with Crippen LogP contribution < -0.4 is 4.74 Å². The zero-order valence-corrected chi connectivity index (χ0v) is 15.9. The first kappa shape index (κ1) is 20.5. The Morgan fingerprint density at radius 2 is 1.72 bits per heavy atom. The van der Waals surface area contributed by atoms with Gasteiger partial charge in [-0.05, 0) is 37.1 Å². The van der Waals surface area contributed by atoms with Gasteiger partial charge in [-0.1, -0.05) is 30.3 Å². The number of para-hydroxylation sites is 1. The standard InChI is InChI=1S/C22H22O7/c23-19(12-6-15-27-21(24)16-8-2-1-3-9-16)28-18-11-5-4-10-17(18)22(25)29-20-13-7-14-26-20/h1-5,8-11,20H,6-7,12-15H2. The van der Waals surface area contributed by atoms with Crippen molar-refractivity contribution in [2.45, 2.75) is 32.0 Å². The molecule has 0 amide bonds. The number of carbonyl (C=O) groups excluding carboxylic acids is 3. The van der Waals surface area contributed by atoms with Crippen LogP contribution >= 0.6 is 0 Å². The number of esters is 3. The zero-order valence-electron chi connectivity index (χ0n) is 15.9. The van der Waals surface area contributed by atoms with Crippen molar-refractivity contribution in [3.8, 4) is 5.75 Å². The van der Waals surface area contributed by atoms with Gasteiger partial charge < -0.3 is 18.9 Å². The van der Waals surface area contributed by atoms with E-state index in [9.17, 15) is 14.4 Å². The van der Waals surface area contributed by atoms with Gasteiger partial charge in [-0.2, -0.15) is 0 Å². The fourth-order valence-corrected chi connectivity index (χ4v) is 2.76. The summed E-state index contributed by atoms with van der Waals surface area (Å²) in [6.45, 7) is 0.648. The smallest absolute Gasteiger partial charge is 0.344 e. The first-order valence-corrected chi connectivity index (χ1v) is 9.48. The molecule has 2 aromatic carbocycles. The van der Waals surface area contributed by atoms with Crippen molar-refractivity contribution in [3.63, 3.8) is 0 Å². The lowest BCUT2D eigenvalue weighted by molar-refractivity contribution is -0.134. The third-order valence-electron chi connectivity index (χ3n) is 4.23. The Labute approximate surface area is 168 Å². The van der Waals surface area contributed by atoms with Crippen LogP contribution in [-0.4, -0.2) is 37.4 Å². The Balaban J connectivity index is 1.45. The minimum atomic E-state index is -0.600. The molecule has 1 atom stereocenters. The summed E-state index contributed by atoms with van der Waals surface area (Å²) in [5.74, 6) is -1.45. The van der Waals surface area contributed by atoms with Gasteiger partial charge in [0.1, 0.15) is 11.3 Å². The minimum absolute atomic E-state index is 0.0389. The molecular weight excluding hydrogens is 376 g/mol. The number of hydrogen-bond acceptors (Lipinski definition) is 7. The van der Waals surface area contributed by atoms with Crippen molar-refractivity contribution in [2.75, 3.05) is 13.2 Å². The third kappa shape index (κ3) is 6.15. The topological polar surface area (TPSA) is 88.1 Å². The van der Waals surface area contributed by atoms with Gasteiger partial charge in [-0.3, -0.25) is 4.79 Å². The summed E-state index contributed by atoms with van der Waals surface area (Å²) in [4.78, 5) is 36.3. The Hall–Kier alpha value is -3.19. The van der Waals surface area contributed by atoms with E-state index in [2.05, 4.69) is 0 Å². The number of carbonyl (C=O) groups is 3. The van der Waals surface area contributed by atoms with E-state index < -0.39 is 24.2 Å². The van der Waals surface area contributed by atoms with E-state index in [0.717, 1.165) is 6.42 Å². The van der Waals surface area contributed by atoms with E-state index >= 15 is 0 Å². The molecule has 1 unspecified atom stereocenters. The van der Waals surface area contributed by atoms with Crippen LogP contribution in [0.5, 0.6) is 5.75 Å². The average Bonchev–Trinajstić information content (AvgIpc) is 3.25. The Bertz CT molecular complexity index is 841. The maximum absolute atomic E-state index is 12.3. The van der Waals surface area contributed by atoms with Crippen LogP contribution in [0.1, 0.15) is 46.4 Å². The molecule has 1 aliphatic rings. The predicted molar refractivity (Wildman–Crippen MR) is 102 cm³/mol. The quantitative estimate of drug-likeness (QED) is 0.382. The first-order valence-electron chi connectivity index (χ1n) is 9.48. The molecule has 0 aromatic heterocycles. The zero-order chi connectivity index (χ0) is 20.5. The molecule has 1 saturated heterocycles. The van der Waals surface area contributed by atoms with Gasteiger partial charge in [-0.25, -0.2) is 9.59 Å². The van der Waals surface area contributed by atoms with Gasteiger partial charge in [0, 0.05) is 12.8 Å². The summed E-state index contributed by atoms with van der Waals surface area (Å²) in [7, 11) is 0. The molecule has 1 fully saturated rings. The van der Waals surface area contributed by atoms with E-state index in [4.69, 9.17) is 18.9 Å². The van der Waals surface area contributed by atoms with Crippen LogP contribution in [0, 0.1) is 0 Å². The van der Waals surface area contributed by atoms with Crippen molar-refractivity contribution in [1.82, 2.24) is 0 Å². The molecule has 0 aliphatic carbocycles. The van der Waals surface area contributed by atoms with Crippen molar-refractivity contribution < 1.29 is 33.3 Å². The molecule has 1 heterocycles. The maximum atomic E-state index is 12.3. The largest absolute Gasteiger partial charge is 0.462 e. The molecule has 152 valence electrons. The molecule has 0 N–H and O–H groups in total. The molecule has 2 aromatic rings. The SMILES string of the molecule is O=C(CCCOC(=O)c1ccccc1)Oc1ccccc1C(=O)OC1CCCO1. The second-order valence-corrected chi connectivity index (χ2v) is 6.42. The summed E-state index contributed by atoms with van der Waals surface area (Å²) in [6.07, 6.45) is 1.27. The van der Waals surface area contributed by atoms with E-state index in [1.165, 1.54) is 12.1 Å². The molecule has 7 nitrogen and oxygen atoms in total. The van der Waals surface area contributed by atoms with E-state index in [0.29, 0.717) is 25.0 Å². The monoisotopic (exact) mass is 398 g/mol. The molecule has 7 heteroatoms. The molecule has 0 spiro atoms. The number of hydrogen-bond donors (Lipinski definition) is 0. The molecule has 29 heavy (non-hydrogen) atoms. The molecule has 3 rings (SSSR count). The molecule has 0 radical (unpaired) electrons. The lowest BCUT2D eigenvalue weighted by Gasteiger charge is -2.13. The maximum Gasteiger partial charge on any atom is 0.344 e. The van der Waals surface area contributed by atoms with Crippen molar-refractivity contribution >= 4 is 17.9 Å². The van der Waals surface area contributed by atoms with Crippen LogP contribution in [0.25, 0.3) is 0 Å². The normalized spacial score (nSPS) is 15.5. The Kier molecular flexibility index (Phi) is 7.35. The summed E-state index contributed by atoms with van der Waals surface area (Å²) >= 11 is 0. The molecule has 1 aliphatic heterocycles. The fraction of sp³-hybridized carbons (Fsp3) is 0.318. The van der Waals surface area contributed by atoms with Gasteiger partial charge in [0.25, 0.3) is 0 Å². The predicted octanol–water partition coefficient (Wildman–Crippen LogP) is 3.52. The first-order chi connectivity index (χ1) is 14.1. The van der Waals surface area contributed by atoms with Crippen molar-refractivity contribution in [3.05, 3.63) is 65.7 Å². The highest BCUT2D eigenvalue weighted by molar-refractivity contribution is 5.93. The second kappa shape index (κ2) is 10.4. The number of ether oxygens (including phenoxy) is 4. The average molecular weight is 398 g/mol. The second-order valence-electron chi connectivity index (χ2n) is 6.42. The van der Waals surface area contributed by atoms with Gasteiger partial charge in [0.05, 0.1) is 18.8 Å². The number of benzene rings is 2. The highest BCUT2D eigenvalue weighted by Gasteiger charge is 2.23. The van der Waals surface area contributed by atoms with Crippen LogP contribution in [-0.2, 0) is 19.0 Å². The highest BCUT2D eigenvalue weighted by Crippen LogP contribution is 2.22. The Morgan fingerprint density at radius 3 is 2.48 bits per heavy atom. The van der Waals surface area contributed by atoms with Crippen LogP contribution in [0.3, 0.4) is 0 Å². The molecular formula is C22H22O7. The lowest BCUT2D eigenvalue weighted by atomic mass is 10.2. The molecule has 0 saturated carbocycles.